The quantitative estimate of drug-likeness (QED) is 0.758. The van der Waals surface area contributed by atoms with Crippen LogP contribution in [0.5, 0.6) is 0 Å². The van der Waals surface area contributed by atoms with Crippen LogP contribution in [0.25, 0.3) is 0 Å². The zero-order chi connectivity index (χ0) is 9.26. The Kier molecular flexibility index (Phi) is 2.38. The topological polar surface area (TPSA) is 42.6 Å². The third-order valence-corrected chi connectivity index (χ3v) is 2.39. The molecule has 1 saturated heterocycles. The maximum atomic E-state index is 8.88. The largest absolute Gasteiger partial charge is 0.464 e. The van der Waals surface area contributed by atoms with Gasteiger partial charge in [-0.3, -0.25) is 0 Å². The molecule has 3 nitrogen and oxygen atoms in total. The molecule has 0 bridgehead atoms. The van der Waals surface area contributed by atoms with Crippen molar-refractivity contribution in [2.45, 2.75) is 32.0 Å². The van der Waals surface area contributed by atoms with Crippen molar-refractivity contribution in [2.24, 2.45) is 0 Å². The molecule has 13 heavy (non-hydrogen) atoms. The molecule has 1 fully saturated rings. The number of ether oxygens (including phenoxy) is 1. The van der Waals surface area contributed by atoms with Crippen molar-refractivity contribution in [1.29, 1.82) is 0 Å². The van der Waals surface area contributed by atoms with E-state index < -0.39 is 0 Å². The van der Waals surface area contributed by atoms with Crippen LogP contribution in [0.1, 0.15) is 30.5 Å². The molecule has 3 heteroatoms. The van der Waals surface area contributed by atoms with E-state index in [2.05, 4.69) is 0 Å². The molecular formula is C10H14O3. The third kappa shape index (κ3) is 1.76. The zero-order valence-electron chi connectivity index (χ0n) is 7.69. The molecule has 1 aliphatic heterocycles. The highest BCUT2D eigenvalue weighted by molar-refractivity contribution is 5.09. The van der Waals surface area contributed by atoms with Gasteiger partial charge in [-0.1, -0.05) is 0 Å². The summed E-state index contributed by atoms with van der Waals surface area (Å²) < 4.78 is 11.0. The average Bonchev–Trinajstić information content (AvgIpc) is 2.71. The van der Waals surface area contributed by atoms with Gasteiger partial charge in [0.05, 0.1) is 12.7 Å². The lowest BCUT2D eigenvalue weighted by molar-refractivity contribution is 0.00188. The second-order valence-electron chi connectivity index (χ2n) is 3.46. The fraction of sp³-hybridized carbons (Fsp3) is 0.600. The first kappa shape index (κ1) is 8.78. The summed E-state index contributed by atoms with van der Waals surface area (Å²) in [6.45, 7) is 2.03. The fourth-order valence-corrected chi connectivity index (χ4v) is 1.68. The minimum absolute atomic E-state index is 0.00425. The standard InChI is InChI=1S/C10H14O3/c1-7-2-4-9(12-7)10-5-3-8(6-11)13-10/h2,4,8,10-11H,3,5-6H2,1H3. The van der Waals surface area contributed by atoms with Gasteiger partial charge in [-0.2, -0.15) is 0 Å². The Hall–Kier alpha value is -0.800. The molecule has 0 aliphatic carbocycles. The molecular weight excluding hydrogens is 168 g/mol. The molecule has 1 N–H and O–H groups in total. The molecule has 2 rings (SSSR count). The van der Waals surface area contributed by atoms with E-state index in [1.54, 1.807) is 0 Å². The summed E-state index contributed by atoms with van der Waals surface area (Å²) in [6.07, 6.45) is 1.90. The van der Waals surface area contributed by atoms with Crippen molar-refractivity contribution in [3.8, 4) is 0 Å². The number of hydrogen-bond acceptors (Lipinski definition) is 3. The van der Waals surface area contributed by atoms with Gasteiger partial charge in [-0.25, -0.2) is 0 Å². The summed E-state index contributed by atoms with van der Waals surface area (Å²) in [5, 5.41) is 8.88. The summed E-state index contributed by atoms with van der Waals surface area (Å²) >= 11 is 0. The summed E-state index contributed by atoms with van der Waals surface area (Å²) in [7, 11) is 0. The third-order valence-electron chi connectivity index (χ3n) is 2.39. The second kappa shape index (κ2) is 3.52. The number of rotatable bonds is 2. The first-order valence-corrected chi connectivity index (χ1v) is 4.62. The lowest BCUT2D eigenvalue weighted by Crippen LogP contribution is -2.10. The van der Waals surface area contributed by atoms with Crippen molar-refractivity contribution >= 4 is 0 Å². The number of aliphatic hydroxyl groups excluding tert-OH is 1. The van der Waals surface area contributed by atoms with E-state index in [0.717, 1.165) is 24.4 Å². The van der Waals surface area contributed by atoms with Crippen LogP contribution in [0, 0.1) is 6.92 Å². The highest BCUT2D eigenvalue weighted by Gasteiger charge is 2.27. The molecule has 2 heterocycles. The smallest absolute Gasteiger partial charge is 0.132 e. The van der Waals surface area contributed by atoms with E-state index in [9.17, 15) is 0 Å². The Bertz CT molecular complexity index is 279. The Balaban J connectivity index is 2.03. The summed E-state index contributed by atoms with van der Waals surface area (Å²) in [4.78, 5) is 0. The molecule has 2 atom stereocenters. The van der Waals surface area contributed by atoms with Gasteiger partial charge in [-0.15, -0.1) is 0 Å². The van der Waals surface area contributed by atoms with Gasteiger partial charge in [0.15, 0.2) is 0 Å². The maximum absolute atomic E-state index is 8.88. The molecule has 0 amide bonds. The summed E-state index contributed by atoms with van der Waals surface area (Å²) in [6, 6.07) is 3.88. The van der Waals surface area contributed by atoms with Gasteiger partial charge < -0.3 is 14.3 Å². The van der Waals surface area contributed by atoms with Crippen LogP contribution in [-0.4, -0.2) is 17.8 Å². The molecule has 0 saturated carbocycles. The lowest BCUT2D eigenvalue weighted by atomic mass is 10.2. The van der Waals surface area contributed by atoms with Crippen LogP contribution in [-0.2, 0) is 4.74 Å². The van der Waals surface area contributed by atoms with E-state index in [1.807, 2.05) is 19.1 Å². The van der Waals surface area contributed by atoms with Crippen molar-refractivity contribution in [3.63, 3.8) is 0 Å². The van der Waals surface area contributed by atoms with Crippen LogP contribution in [0.3, 0.4) is 0 Å². The van der Waals surface area contributed by atoms with Crippen molar-refractivity contribution in [2.75, 3.05) is 6.61 Å². The zero-order valence-corrected chi connectivity index (χ0v) is 7.69. The van der Waals surface area contributed by atoms with E-state index in [0.29, 0.717) is 0 Å². The van der Waals surface area contributed by atoms with Crippen LogP contribution < -0.4 is 0 Å². The van der Waals surface area contributed by atoms with Gasteiger partial charge in [-0.05, 0) is 31.9 Å². The molecule has 1 aliphatic rings. The van der Waals surface area contributed by atoms with Crippen LogP contribution >= 0.6 is 0 Å². The van der Waals surface area contributed by atoms with E-state index in [1.165, 1.54) is 0 Å². The van der Waals surface area contributed by atoms with Crippen molar-refractivity contribution in [3.05, 3.63) is 23.7 Å². The van der Waals surface area contributed by atoms with Gasteiger partial charge in [0.25, 0.3) is 0 Å². The molecule has 1 aromatic heterocycles. The number of furan rings is 1. The van der Waals surface area contributed by atoms with Crippen LogP contribution in [0.2, 0.25) is 0 Å². The molecule has 0 radical (unpaired) electrons. The lowest BCUT2D eigenvalue weighted by Gasteiger charge is -2.08. The van der Waals surface area contributed by atoms with Gasteiger partial charge in [0.2, 0.25) is 0 Å². The SMILES string of the molecule is Cc1ccc(C2CCC(CO)O2)o1. The van der Waals surface area contributed by atoms with Crippen LogP contribution in [0.4, 0.5) is 0 Å². The highest BCUT2D eigenvalue weighted by atomic mass is 16.5. The van der Waals surface area contributed by atoms with Crippen molar-refractivity contribution in [1.82, 2.24) is 0 Å². The molecule has 0 aromatic carbocycles. The van der Waals surface area contributed by atoms with Gasteiger partial charge in [0.1, 0.15) is 17.6 Å². The Morgan fingerprint density at radius 1 is 1.46 bits per heavy atom. The van der Waals surface area contributed by atoms with Crippen LogP contribution in [0.15, 0.2) is 16.5 Å². The summed E-state index contributed by atoms with van der Waals surface area (Å²) in [5.74, 6) is 1.79. The normalized spacial score (nSPS) is 28.2. The molecule has 72 valence electrons. The number of aryl methyl sites for hydroxylation is 1. The highest BCUT2D eigenvalue weighted by Crippen LogP contribution is 2.33. The van der Waals surface area contributed by atoms with Gasteiger partial charge in [0, 0.05) is 0 Å². The number of aliphatic hydroxyl groups is 1. The summed E-state index contributed by atoms with van der Waals surface area (Å²) in [5.41, 5.74) is 0. The average molecular weight is 182 g/mol. The Morgan fingerprint density at radius 2 is 2.31 bits per heavy atom. The first-order valence-electron chi connectivity index (χ1n) is 4.62. The predicted octanol–water partition coefficient (Wildman–Crippen LogP) is 1.80. The number of hydrogen-bond donors (Lipinski definition) is 1. The predicted molar refractivity (Wildman–Crippen MR) is 47.4 cm³/mol. The monoisotopic (exact) mass is 182 g/mol. The van der Waals surface area contributed by atoms with E-state index >= 15 is 0 Å². The fourth-order valence-electron chi connectivity index (χ4n) is 1.68. The maximum Gasteiger partial charge on any atom is 0.132 e. The minimum atomic E-state index is -0.00425. The molecule has 1 aromatic rings. The molecule has 2 unspecified atom stereocenters. The Morgan fingerprint density at radius 3 is 2.85 bits per heavy atom. The van der Waals surface area contributed by atoms with E-state index in [-0.39, 0.29) is 18.8 Å². The molecule has 0 spiro atoms. The minimum Gasteiger partial charge on any atom is -0.464 e. The second-order valence-corrected chi connectivity index (χ2v) is 3.46. The van der Waals surface area contributed by atoms with E-state index in [4.69, 9.17) is 14.3 Å². The van der Waals surface area contributed by atoms with Crippen molar-refractivity contribution < 1.29 is 14.3 Å². The van der Waals surface area contributed by atoms with Gasteiger partial charge >= 0.3 is 0 Å². The Labute approximate surface area is 77.3 Å². The first-order chi connectivity index (χ1) is 6.29.